The van der Waals surface area contributed by atoms with Gasteiger partial charge >= 0.3 is 11.5 Å². The number of benzene rings is 2. The Morgan fingerprint density at radius 1 is 1.10 bits per heavy atom. The fourth-order valence-corrected chi connectivity index (χ4v) is 2.86. The van der Waals surface area contributed by atoms with E-state index in [4.69, 9.17) is 25.8 Å². The van der Waals surface area contributed by atoms with Crippen LogP contribution in [0.15, 0.2) is 65.6 Å². The number of nitrogens with zero attached hydrogens (tertiary/aromatic N) is 2. The maximum absolute atomic E-state index is 13.1. The van der Waals surface area contributed by atoms with Crippen LogP contribution in [0.5, 0.6) is 17.2 Å². The van der Waals surface area contributed by atoms with Crippen LogP contribution in [0.25, 0.3) is 0 Å². The van der Waals surface area contributed by atoms with Crippen LogP contribution in [0.1, 0.15) is 18.5 Å². The Morgan fingerprint density at radius 2 is 1.76 bits per heavy atom. The van der Waals surface area contributed by atoms with Crippen molar-refractivity contribution in [3.8, 4) is 17.2 Å². The lowest BCUT2D eigenvalue weighted by molar-refractivity contribution is -0.146. The van der Waals surface area contributed by atoms with Gasteiger partial charge in [0.25, 0.3) is 0 Å². The number of ether oxygens (including phenoxy) is 3. The van der Waals surface area contributed by atoms with Gasteiger partial charge in [-0.05, 0) is 36.8 Å². The molecular formula is C21H19ClN2O5. The highest BCUT2D eigenvalue weighted by Crippen LogP contribution is 2.28. The zero-order valence-corrected chi connectivity index (χ0v) is 16.6. The smallest absolute Gasteiger partial charge is 0.335 e. The maximum Gasteiger partial charge on any atom is 0.335 e. The molecule has 0 bridgehead atoms. The molecule has 1 atom stereocenters. The molecule has 29 heavy (non-hydrogen) atoms. The van der Waals surface area contributed by atoms with E-state index in [1.165, 1.54) is 6.20 Å². The zero-order valence-electron chi connectivity index (χ0n) is 15.9. The van der Waals surface area contributed by atoms with Gasteiger partial charge < -0.3 is 14.2 Å². The summed E-state index contributed by atoms with van der Waals surface area (Å²) in [6.07, 6.45) is 1.26. The van der Waals surface area contributed by atoms with Gasteiger partial charge in [0.2, 0.25) is 5.75 Å². The summed E-state index contributed by atoms with van der Waals surface area (Å²) >= 11 is 6.16. The number of rotatable bonds is 7. The van der Waals surface area contributed by atoms with Crippen molar-refractivity contribution in [3.63, 3.8) is 0 Å². The molecule has 0 saturated carbocycles. The Labute approximate surface area is 172 Å². The summed E-state index contributed by atoms with van der Waals surface area (Å²) in [5.41, 5.74) is -0.103. The SMILES string of the molecule is CCOC(=O)C(c1ccccc1)n1ncc(Cl)c(Oc2ccc(OC)cc2)c1=O. The van der Waals surface area contributed by atoms with E-state index >= 15 is 0 Å². The van der Waals surface area contributed by atoms with Gasteiger partial charge in [0.1, 0.15) is 16.5 Å². The van der Waals surface area contributed by atoms with Gasteiger partial charge in [0.15, 0.2) is 6.04 Å². The standard InChI is InChI=1S/C21H19ClN2O5/c1-3-28-21(26)18(14-7-5-4-6-8-14)24-20(25)19(17(22)13-23-24)29-16-11-9-15(27-2)10-12-16/h4-13,18H,3H2,1-2H3. The van der Waals surface area contributed by atoms with Crippen molar-refractivity contribution >= 4 is 17.6 Å². The number of halogens is 1. The Hall–Kier alpha value is -3.32. The van der Waals surface area contributed by atoms with Gasteiger partial charge in [-0.25, -0.2) is 9.48 Å². The molecule has 1 unspecified atom stereocenters. The van der Waals surface area contributed by atoms with Crippen LogP contribution in [-0.4, -0.2) is 29.5 Å². The topological polar surface area (TPSA) is 79.7 Å². The van der Waals surface area contributed by atoms with E-state index in [1.54, 1.807) is 62.6 Å². The Bertz CT molecular complexity index is 1040. The van der Waals surface area contributed by atoms with Crippen molar-refractivity contribution in [1.82, 2.24) is 9.78 Å². The van der Waals surface area contributed by atoms with E-state index in [0.29, 0.717) is 17.1 Å². The summed E-state index contributed by atoms with van der Waals surface area (Å²) in [5.74, 6) is 0.278. The molecule has 0 aliphatic rings. The van der Waals surface area contributed by atoms with Crippen LogP contribution in [0.3, 0.4) is 0 Å². The van der Waals surface area contributed by atoms with E-state index in [-0.39, 0.29) is 17.4 Å². The molecule has 0 spiro atoms. The van der Waals surface area contributed by atoms with Gasteiger partial charge in [0, 0.05) is 0 Å². The number of aromatic nitrogens is 2. The number of methoxy groups -OCH3 is 1. The fourth-order valence-electron chi connectivity index (χ4n) is 2.70. The number of carbonyl (C=O) groups excluding carboxylic acids is 1. The molecular weight excluding hydrogens is 396 g/mol. The third kappa shape index (κ3) is 4.57. The van der Waals surface area contributed by atoms with E-state index in [1.807, 2.05) is 6.07 Å². The Kier molecular flexibility index (Phi) is 6.51. The van der Waals surface area contributed by atoms with Crippen LogP contribution >= 0.6 is 11.6 Å². The molecule has 0 amide bonds. The largest absolute Gasteiger partial charge is 0.497 e. The summed E-state index contributed by atoms with van der Waals surface area (Å²) in [6, 6.07) is 14.3. The van der Waals surface area contributed by atoms with Crippen LogP contribution in [-0.2, 0) is 9.53 Å². The quantitative estimate of drug-likeness (QED) is 0.546. The van der Waals surface area contributed by atoms with Crippen molar-refractivity contribution < 1.29 is 19.0 Å². The molecule has 1 aromatic heterocycles. The average molecular weight is 415 g/mol. The minimum Gasteiger partial charge on any atom is -0.497 e. The Morgan fingerprint density at radius 3 is 2.38 bits per heavy atom. The van der Waals surface area contributed by atoms with Crippen LogP contribution in [0.2, 0.25) is 5.02 Å². The molecule has 0 aliphatic carbocycles. The van der Waals surface area contributed by atoms with E-state index < -0.39 is 17.6 Å². The highest BCUT2D eigenvalue weighted by Gasteiger charge is 2.28. The highest BCUT2D eigenvalue weighted by atomic mass is 35.5. The van der Waals surface area contributed by atoms with Crippen molar-refractivity contribution in [2.75, 3.05) is 13.7 Å². The summed E-state index contributed by atoms with van der Waals surface area (Å²) in [7, 11) is 1.55. The molecule has 3 aromatic rings. The molecule has 0 radical (unpaired) electrons. The molecule has 8 heteroatoms. The van der Waals surface area contributed by atoms with Gasteiger partial charge in [0.05, 0.1) is 19.9 Å². The van der Waals surface area contributed by atoms with E-state index in [9.17, 15) is 9.59 Å². The molecule has 2 aromatic carbocycles. The van der Waals surface area contributed by atoms with Gasteiger partial charge in [-0.15, -0.1) is 0 Å². The second-order valence-electron chi connectivity index (χ2n) is 5.91. The second kappa shape index (κ2) is 9.25. The minimum absolute atomic E-state index is 0.0257. The number of carbonyl (C=O) groups is 1. The van der Waals surface area contributed by atoms with Gasteiger partial charge in [-0.2, -0.15) is 5.10 Å². The van der Waals surface area contributed by atoms with Crippen molar-refractivity contribution in [3.05, 3.63) is 81.7 Å². The average Bonchev–Trinajstić information content (AvgIpc) is 2.74. The first kappa shape index (κ1) is 20.4. The Balaban J connectivity index is 2.05. The monoisotopic (exact) mass is 414 g/mol. The first-order chi connectivity index (χ1) is 14.0. The molecule has 3 rings (SSSR count). The molecule has 0 aliphatic heterocycles. The van der Waals surface area contributed by atoms with Crippen molar-refractivity contribution in [2.24, 2.45) is 0 Å². The zero-order chi connectivity index (χ0) is 20.8. The number of hydrogen-bond acceptors (Lipinski definition) is 6. The normalized spacial score (nSPS) is 11.6. The molecule has 150 valence electrons. The second-order valence-corrected chi connectivity index (χ2v) is 6.32. The molecule has 1 heterocycles. The number of esters is 1. The summed E-state index contributed by atoms with van der Waals surface area (Å²) in [4.78, 5) is 25.7. The van der Waals surface area contributed by atoms with Gasteiger partial charge in [-0.3, -0.25) is 4.79 Å². The van der Waals surface area contributed by atoms with Crippen LogP contribution in [0, 0.1) is 0 Å². The first-order valence-corrected chi connectivity index (χ1v) is 9.23. The van der Waals surface area contributed by atoms with Crippen LogP contribution in [0.4, 0.5) is 0 Å². The maximum atomic E-state index is 13.1. The van der Waals surface area contributed by atoms with Crippen LogP contribution < -0.4 is 15.0 Å². The molecule has 0 saturated heterocycles. The fraction of sp³-hybridized carbons (Fsp3) is 0.190. The molecule has 0 N–H and O–H groups in total. The predicted molar refractivity (Wildman–Crippen MR) is 108 cm³/mol. The lowest BCUT2D eigenvalue weighted by atomic mass is 10.1. The molecule has 7 nitrogen and oxygen atoms in total. The highest BCUT2D eigenvalue weighted by molar-refractivity contribution is 6.31. The lowest BCUT2D eigenvalue weighted by Crippen LogP contribution is -2.34. The third-order valence-corrected chi connectivity index (χ3v) is 4.33. The third-order valence-electron chi connectivity index (χ3n) is 4.06. The number of hydrogen-bond donors (Lipinski definition) is 0. The summed E-state index contributed by atoms with van der Waals surface area (Å²) in [6.45, 7) is 1.86. The minimum atomic E-state index is -1.07. The molecule has 0 fully saturated rings. The van der Waals surface area contributed by atoms with E-state index in [2.05, 4.69) is 5.10 Å². The lowest BCUT2D eigenvalue weighted by Gasteiger charge is -2.18. The first-order valence-electron chi connectivity index (χ1n) is 8.86. The van der Waals surface area contributed by atoms with Gasteiger partial charge in [-0.1, -0.05) is 41.9 Å². The van der Waals surface area contributed by atoms with Crippen molar-refractivity contribution in [2.45, 2.75) is 13.0 Å². The van der Waals surface area contributed by atoms with E-state index in [0.717, 1.165) is 4.68 Å². The predicted octanol–water partition coefficient (Wildman–Crippen LogP) is 3.85. The van der Waals surface area contributed by atoms with Crippen molar-refractivity contribution in [1.29, 1.82) is 0 Å². The summed E-state index contributed by atoms with van der Waals surface area (Å²) in [5, 5.41) is 4.08. The summed E-state index contributed by atoms with van der Waals surface area (Å²) < 4.78 is 17.0.